The van der Waals surface area contributed by atoms with E-state index in [1.807, 2.05) is 25.2 Å². The highest BCUT2D eigenvalue weighted by atomic mass is 32.2. The molecule has 0 fully saturated rings. The fraction of sp³-hybridized carbons (Fsp3) is 0.300. The summed E-state index contributed by atoms with van der Waals surface area (Å²) in [5.41, 5.74) is 3.72. The summed E-state index contributed by atoms with van der Waals surface area (Å²) in [6.07, 6.45) is 3.08. The number of hydrogen-bond acceptors (Lipinski definition) is 3. The van der Waals surface area contributed by atoms with Gasteiger partial charge in [0, 0.05) is 29.7 Å². The molecule has 0 radical (unpaired) electrons. The molecule has 4 rings (SSSR count). The lowest BCUT2D eigenvalue weighted by molar-refractivity contribution is 0.488. The molecule has 4 nitrogen and oxygen atoms in total. The molecule has 0 saturated carbocycles. The molecule has 0 amide bonds. The highest BCUT2D eigenvalue weighted by Gasteiger charge is 2.25. The monoisotopic (exact) mass is 354 g/mol. The molecule has 2 aromatic carbocycles. The fourth-order valence-electron chi connectivity index (χ4n) is 3.91. The number of aromatic nitrogens is 1. The lowest BCUT2D eigenvalue weighted by Gasteiger charge is -2.22. The van der Waals surface area contributed by atoms with Gasteiger partial charge in [0.05, 0.1) is 9.79 Å². The summed E-state index contributed by atoms with van der Waals surface area (Å²) in [4.78, 5) is 0.707. The molecule has 25 heavy (non-hydrogen) atoms. The van der Waals surface area contributed by atoms with Gasteiger partial charge in [0.1, 0.15) is 0 Å². The molecule has 3 aromatic rings. The number of nitrogens with one attached hydrogen (secondary N) is 1. The minimum Gasteiger partial charge on any atom is -0.347 e. The Kier molecular flexibility index (Phi) is 3.93. The first-order chi connectivity index (χ1) is 12.0. The Hall–Kier alpha value is -2.11. The van der Waals surface area contributed by atoms with Crippen LogP contribution < -0.4 is 5.32 Å². The van der Waals surface area contributed by atoms with Crippen LogP contribution in [0.3, 0.4) is 0 Å². The zero-order valence-corrected chi connectivity index (χ0v) is 15.3. The first-order valence-corrected chi connectivity index (χ1v) is 10.1. The van der Waals surface area contributed by atoms with E-state index in [0.29, 0.717) is 15.8 Å². The molecule has 1 unspecified atom stereocenters. The van der Waals surface area contributed by atoms with Crippen LogP contribution in [-0.2, 0) is 29.7 Å². The van der Waals surface area contributed by atoms with Crippen molar-refractivity contribution in [2.24, 2.45) is 7.05 Å². The number of likely N-dealkylation sites (N-methyl/N-ethyl adjacent to an activating group) is 1. The number of benzene rings is 2. The van der Waals surface area contributed by atoms with Gasteiger partial charge in [-0.05, 0) is 62.2 Å². The van der Waals surface area contributed by atoms with Crippen LogP contribution in [0.5, 0.6) is 0 Å². The van der Waals surface area contributed by atoms with Gasteiger partial charge in [-0.1, -0.05) is 18.2 Å². The third-order valence-corrected chi connectivity index (χ3v) is 7.13. The van der Waals surface area contributed by atoms with Crippen molar-refractivity contribution in [1.82, 2.24) is 9.88 Å². The molecular weight excluding hydrogens is 332 g/mol. The summed E-state index contributed by atoms with van der Waals surface area (Å²) in [6.45, 7) is 0. The minimum atomic E-state index is -3.49. The molecular formula is C20H22N2O2S. The third kappa shape index (κ3) is 2.58. The van der Waals surface area contributed by atoms with Gasteiger partial charge in [0.25, 0.3) is 0 Å². The van der Waals surface area contributed by atoms with Crippen LogP contribution in [-0.4, -0.2) is 26.1 Å². The number of rotatable bonds is 3. The topological polar surface area (TPSA) is 51.1 Å². The van der Waals surface area contributed by atoms with Gasteiger partial charge in [0.15, 0.2) is 0 Å². The molecule has 5 heteroatoms. The first-order valence-electron chi connectivity index (χ1n) is 8.60. The number of fused-ring (bicyclic) bond motifs is 3. The van der Waals surface area contributed by atoms with Crippen molar-refractivity contribution in [3.05, 3.63) is 59.8 Å². The summed E-state index contributed by atoms with van der Waals surface area (Å²) in [5.74, 6) is 0. The Labute approximate surface area is 148 Å². The van der Waals surface area contributed by atoms with Gasteiger partial charge < -0.3 is 9.88 Å². The largest absolute Gasteiger partial charge is 0.347 e. The van der Waals surface area contributed by atoms with Crippen molar-refractivity contribution in [3.8, 4) is 0 Å². The predicted molar refractivity (Wildman–Crippen MR) is 99.7 cm³/mol. The Morgan fingerprint density at radius 1 is 1.08 bits per heavy atom. The lowest BCUT2D eigenvalue weighted by atomic mass is 9.91. The summed E-state index contributed by atoms with van der Waals surface area (Å²) in [7, 11) is 0.576. The van der Waals surface area contributed by atoms with Gasteiger partial charge in [-0.2, -0.15) is 0 Å². The summed E-state index contributed by atoms with van der Waals surface area (Å²) < 4.78 is 28.1. The average Bonchev–Trinajstić information content (AvgIpc) is 2.94. The van der Waals surface area contributed by atoms with E-state index in [4.69, 9.17) is 0 Å². The summed E-state index contributed by atoms with van der Waals surface area (Å²) in [6, 6.07) is 14.6. The van der Waals surface area contributed by atoms with Crippen LogP contribution in [0, 0.1) is 0 Å². The molecule has 0 aliphatic heterocycles. The van der Waals surface area contributed by atoms with Gasteiger partial charge in [-0.3, -0.25) is 0 Å². The van der Waals surface area contributed by atoms with Crippen molar-refractivity contribution in [2.75, 3.05) is 7.05 Å². The Morgan fingerprint density at radius 3 is 2.56 bits per heavy atom. The van der Waals surface area contributed by atoms with Crippen molar-refractivity contribution >= 4 is 20.7 Å². The van der Waals surface area contributed by atoms with E-state index in [0.717, 1.165) is 30.2 Å². The van der Waals surface area contributed by atoms with Crippen LogP contribution in [0.2, 0.25) is 0 Å². The SMILES string of the molecule is CNC1CCc2c(c3cc(S(=O)(=O)c4ccccc4)ccc3n2C)C1. The molecule has 1 aromatic heterocycles. The van der Waals surface area contributed by atoms with Crippen LogP contribution in [0.25, 0.3) is 10.9 Å². The third-order valence-electron chi connectivity index (χ3n) is 5.36. The lowest BCUT2D eigenvalue weighted by Crippen LogP contribution is -2.31. The maximum atomic E-state index is 13.0. The number of sulfone groups is 1. The highest BCUT2D eigenvalue weighted by molar-refractivity contribution is 7.91. The molecule has 1 atom stereocenters. The molecule has 1 heterocycles. The van der Waals surface area contributed by atoms with Crippen molar-refractivity contribution in [1.29, 1.82) is 0 Å². The maximum Gasteiger partial charge on any atom is 0.206 e. The van der Waals surface area contributed by atoms with Crippen LogP contribution in [0.15, 0.2) is 58.3 Å². The number of hydrogen-bond donors (Lipinski definition) is 1. The zero-order chi connectivity index (χ0) is 17.6. The highest BCUT2D eigenvalue weighted by Crippen LogP contribution is 2.34. The standard InChI is InChI=1S/C20H22N2O2S/c1-21-14-8-10-19-17(12-14)18-13-16(9-11-20(18)22(19)2)25(23,24)15-6-4-3-5-7-15/h3-7,9,11,13-14,21H,8,10,12H2,1-2H3. The fourth-order valence-corrected chi connectivity index (χ4v) is 5.22. The van der Waals surface area contributed by atoms with E-state index in [2.05, 4.69) is 16.9 Å². The van der Waals surface area contributed by atoms with Crippen LogP contribution in [0.4, 0.5) is 0 Å². The molecule has 130 valence electrons. The van der Waals surface area contributed by atoms with Gasteiger partial charge in [0.2, 0.25) is 9.84 Å². The summed E-state index contributed by atoms with van der Waals surface area (Å²) in [5, 5.41) is 4.43. The second-order valence-electron chi connectivity index (χ2n) is 6.71. The van der Waals surface area contributed by atoms with Crippen molar-refractivity contribution in [3.63, 3.8) is 0 Å². The second kappa shape index (κ2) is 6.00. The minimum absolute atomic E-state index is 0.340. The predicted octanol–water partition coefficient (Wildman–Crippen LogP) is 3.09. The molecule has 1 aliphatic rings. The van der Waals surface area contributed by atoms with Crippen LogP contribution >= 0.6 is 0 Å². The van der Waals surface area contributed by atoms with Crippen molar-refractivity contribution < 1.29 is 8.42 Å². The van der Waals surface area contributed by atoms with E-state index in [-0.39, 0.29) is 0 Å². The van der Waals surface area contributed by atoms with Gasteiger partial charge in [-0.15, -0.1) is 0 Å². The van der Waals surface area contributed by atoms with E-state index < -0.39 is 9.84 Å². The van der Waals surface area contributed by atoms with Crippen LogP contribution in [0.1, 0.15) is 17.7 Å². The first kappa shape index (κ1) is 16.4. The summed E-state index contributed by atoms with van der Waals surface area (Å²) >= 11 is 0. The molecule has 1 aliphatic carbocycles. The quantitative estimate of drug-likeness (QED) is 0.786. The molecule has 0 spiro atoms. The Morgan fingerprint density at radius 2 is 1.84 bits per heavy atom. The van der Waals surface area contributed by atoms with Gasteiger partial charge in [-0.25, -0.2) is 8.42 Å². The van der Waals surface area contributed by atoms with Gasteiger partial charge >= 0.3 is 0 Å². The average molecular weight is 354 g/mol. The Bertz CT molecular complexity index is 1040. The Balaban J connectivity index is 1.89. The van der Waals surface area contributed by atoms with E-state index in [1.54, 1.807) is 30.3 Å². The van der Waals surface area contributed by atoms with E-state index in [9.17, 15) is 8.42 Å². The smallest absolute Gasteiger partial charge is 0.206 e. The normalized spacial score (nSPS) is 17.6. The number of nitrogens with zero attached hydrogens (tertiary/aromatic N) is 1. The molecule has 0 bridgehead atoms. The zero-order valence-electron chi connectivity index (χ0n) is 14.5. The van der Waals surface area contributed by atoms with E-state index in [1.165, 1.54) is 11.3 Å². The molecule has 0 saturated heterocycles. The van der Waals surface area contributed by atoms with Crippen molar-refractivity contribution in [2.45, 2.75) is 35.1 Å². The number of aryl methyl sites for hydroxylation is 1. The maximum absolute atomic E-state index is 13.0. The molecule has 1 N–H and O–H groups in total. The van der Waals surface area contributed by atoms with E-state index >= 15 is 0 Å². The second-order valence-corrected chi connectivity index (χ2v) is 8.66.